The van der Waals surface area contributed by atoms with Gasteiger partial charge in [0.1, 0.15) is 0 Å². The minimum atomic E-state index is -0.425. The number of imidazole rings is 1. The van der Waals surface area contributed by atoms with E-state index >= 15 is 0 Å². The second-order valence-electron chi connectivity index (χ2n) is 4.32. The Bertz CT molecular complexity index is 692. The minimum absolute atomic E-state index is 0.0678. The Morgan fingerprint density at radius 1 is 1.39 bits per heavy atom. The van der Waals surface area contributed by atoms with Crippen LogP contribution in [0.25, 0.3) is 11.2 Å². The molecule has 0 aromatic carbocycles. The maximum Gasteiger partial charge on any atom is 0.330 e. The van der Waals surface area contributed by atoms with Gasteiger partial charge in [0.2, 0.25) is 5.95 Å². The molecule has 18 heavy (non-hydrogen) atoms. The maximum atomic E-state index is 11.9. The lowest BCUT2D eigenvalue weighted by Gasteiger charge is -2.09. The van der Waals surface area contributed by atoms with Gasteiger partial charge in [0.05, 0.1) is 0 Å². The van der Waals surface area contributed by atoms with Crippen LogP contribution in [0.4, 0.5) is 5.95 Å². The summed E-state index contributed by atoms with van der Waals surface area (Å²) in [6.45, 7) is 6.28. The van der Waals surface area contributed by atoms with Crippen LogP contribution in [-0.2, 0) is 6.54 Å². The first-order valence-electron chi connectivity index (χ1n) is 5.94. The fraction of sp³-hybridized carbons (Fsp3) is 0.545. The Kier molecular flexibility index (Phi) is 2.98. The van der Waals surface area contributed by atoms with Crippen LogP contribution in [0.5, 0.6) is 0 Å². The molecule has 0 amide bonds. The first-order valence-corrected chi connectivity index (χ1v) is 5.94. The molecule has 0 aliphatic heterocycles. The van der Waals surface area contributed by atoms with Gasteiger partial charge < -0.3 is 9.88 Å². The summed E-state index contributed by atoms with van der Waals surface area (Å²) in [5.74, 6) is 0.581. The highest BCUT2D eigenvalue weighted by molar-refractivity contribution is 5.74. The number of H-pyrrole nitrogens is 1. The zero-order valence-corrected chi connectivity index (χ0v) is 10.9. The minimum Gasteiger partial charge on any atom is -0.359 e. The van der Waals surface area contributed by atoms with E-state index in [2.05, 4.69) is 15.3 Å². The van der Waals surface area contributed by atoms with E-state index in [1.54, 1.807) is 11.6 Å². The standard InChI is InChI=1S/C11H17N5O2/c1-5-15-7-8(13-10(15)12-4)16(6(2)3)11(18)14-9(7)17/h6H,5H2,1-4H3,(H,12,13)(H,14,17,18). The predicted octanol–water partition coefficient (Wildman–Crippen LogP) is 0.529. The van der Waals surface area contributed by atoms with Crippen molar-refractivity contribution >= 4 is 17.1 Å². The summed E-state index contributed by atoms with van der Waals surface area (Å²) in [6.07, 6.45) is 0. The van der Waals surface area contributed by atoms with Crippen molar-refractivity contribution in [3.05, 3.63) is 20.8 Å². The van der Waals surface area contributed by atoms with E-state index in [0.717, 1.165) is 0 Å². The van der Waals surface area contributed by atoms with Crippen molar-refractivity contribution in [3.8, 4) is 0 Å². The van der Waals surface area contributed by atoms with Gasteiger partial charge in [-0.05, 0) is 20.8 Å². The maximum absolute atomic E-state index is 11.9. The summed E-state index contributed by atoms with van der Waals surface area (Å²) in [5.41, 5.74) is 0.0220. The van der Waals surface area contributed by atoms with Crippen LogP contribution in [0.15, 0.2) is 9.59 Å². The average molecular weight is 251 g/mol. The molecule has 0 bridgehead atoms. The zero-order valence-electron chi connectivity index (χ0n) is 10.9. The quantitative estimate of drug-likeness (QED) is 0.833. The largest absolute Gasteiger partial charge is 0.359 e. The van der Waals surface area contributed by atoms with Crippen LogP contribution < -0.4 is 16.6 Å². The third-order valence-electron chi connectivity index (χ3n) is 2.89. The van der Waals surface area contributed by atoms with Gasteiger partial charge in [-0.2, -0.15) is 4.98 Å². The molecule has 0 saturated heterocycles. The molecule has 2 N–H and O–H groups in total. The van der Waals surface area contributed by atoms with E-state index < -0.39 is 11.2 Å². The van der Waals surface area contributed by atoms with Gasteiger partial charge in [-0.15, -0.1) is 0 Å². The topological polar surface area (TPSA) is 84.7 Å². The first kappa shape index (κ1) is 12.4. The number of aromatic nitrogens is 4. The van der Waals surface area contributed by atoms with Crippen LogP contribution in [0, 0.1) is 0 Å². The molecule has 0 fully saturated rings. The number of aryl methyl sites for hydroxylation is 1. The summed E-state index contributed by atoms with van der Waals surface area (Å²) in [4.78, 5) is 30.4. The highest BCUT2D eigenvalue weighted by Crippen LogP contribution is 2.17. The fourth-order valence-electron chi connectivity index (χ4n) is 2.12. The Balaban J connectivity index is 3.01. The second-order valence-corrected chi connectivity index (χ2v) is 4.32. The number of nitrogens with zero attached hydrogens (tertiary/aromatic N) is 3. The molecule has 2 heterocycles. The number of rotatable bonds is 3. The lowest BCUT2D eigenvalue weighted by molar-refractivity contribution is 0.580. The van der Waals surface area contributed by atoms with Crippen molar-refractivity contribution in [2.45, 2.75) is 33.4 Å². The number of hydrogen-bond donors (Lipinski definition) is 2. The summed E-state index contributed by atoms with van der Waals surface area (Å²) in [5, 5.41) is 2.93. The van der Waals surface area contributed by atoms with Gasteiger partial charge in [-0.3, -0.25) is 14.3 Å². The van der Waals surface area contributed by atoms with E-state index in [0.29, 0.717) is 23.7 Å². The molecule has 0 saturated carbocycles. The average Bonchev–Trinajstić information content (AvgIpc) is 2.66. The molecule has 0 unspecified atom stereocenters. The van der Waals surface area contributed by atoms with Crippen LogP contribution in [-0.4, -0.2) is 26.1 Å². The van der Waals surface area contributed by atoms with Gasteiger partial charge >= 0.3 is 5.69 Å². The normalized spacial score (nSPS) is 11.4. The Hall–Kier alpha value is -2.05. The van der Waals surface area contributed by atoms with Crippen molar-refractivity contribution in [3.63, 3.8) is 0 Å². The Morgan fingerprint density at radius 3 is 2.56 bits per heavy atom. The van der Waals surface area contributed by atoms with Crippen molar-refractivity contribution in [1.82, 2.24) is 19.1 Å². The van der Waals surface area contributed by atoms with Gasteiger partial charge in [0.25, 0.3) is 5.56 Å². The third-order valence-corrected chi connectivity index (χ3v) is 2.89. The molecule has 2 aromatic heterocycles. The molecule has 0 radical (unpaired) electrons. The van der Waals surface area contributed by atoms with Crippen molar-refractivity contribution in [2.75, 3.05) is 12.4 Å². The molecular weight excluding hydrogens is 234 g/mol. The summed E-state index contributed by atoms with van der Waals surface area (Å²) >= 11 is 0. The second kappa shape index (κ2) is 4.32. The smallest absolute Gasteiger partial charge is 0.330 e. The van der Waals surface area contributed by atoms with Crippen molar-refractivity contribution in [1.29, 1.82) is 0 Å². The molecule has 7 nitrogen and oxygen atoms in total. The first-order chi connectivity index (χ1) is 8.51. The SMILES string of the molecule is CCn1c(NC)nc2c1c(=O)[nH]c(=O)n2C(C)C. The Morgan fingerprint density at radius 2 is 2.06 bits per heavy atom. The number of anilines is 1. The van der Waals surface area contributed by atoms with E-state index in [9.17, 15) is 9.59 Å². The number of hydrogen-bond acceptors (Lipinski definition) is 4. The van der Waals surface area contributed by atoms with Gasteiger partial charge in [0.15, 0.2) is 11.2 Å². The van der Waals surface area contributed by atoms with Crippen LogP contribution in [0.2, 0.25) is 0 Å². The predicted molar refractivity (Wildman–Crippen MR) is 70.2 cm³/mol. The van der Waals surface area contributed by atoms with Crippen molar-refractivity contribution in [2.24, 2.45) is 0 Å². The van der Waals surface area contributed by atoms with Gasteiger partial charge in [-0.1, -0.05) is 0 Å². The lowest BCUT2D eigenvalue weighted by atomic mass is 10.3. The Labute approximate surface area is 103 Å². The molecule has 0 aliphatic rings. The number of nitrogens with one attached hydrogen (secondary N) is 2. The van der Waals surface area contributed by atoms with Gasteiger partial charge in [0, 0.05) is 19.6 Å². The summed E-state index contributed by atoms with van der Waals surface area (Å²) < 4.78 is 3.25. The molecule has 0 atom stereocenters. The zero-order chi connectivity index (χ0) is 13.4. The highest BCUT2D eigenvalue weighted by atomic mass is 16.2. The summed E-state index contributed by atoms with van der Waals surface area (Å²) in [7, 11) is 1.74. The lowest BCUT2D eigenvalue weighted by Crippen LogP contribution is -2.32. The molecule has 0 spiro atoms. The molecule has 2 rings (SSSR count). The molecule has 98 valence electrons. The molecular formula is C11H17N5O2. The highest BCUT2D eigenvalue weighted by Gasteiger charge is 2.18. The van der Waals surface area contributed by atoms with E-state index in [-0.39, 0.29) is 6.04 Å². The van der Waals surface area contributed by atoms with Crippen LogP contribution in [0.3, 0.4) is 0 Å². The fourth-order valence-corrected chi connectivity index (χ4v) is 2.12. The van der Waals surface area contributed by atoms with Crippen molar-refractivity contribution < 1.29 is 0 Å². The van der Waals surface area contributed by atoms with E-state index in [1.807, 2.05) is 20.8 Å². The van der Waals surface area contributed by atoms with Crippen LogP contribution >= 0.6 is 0 Å². The monoisotopic (exact) mass is 251 g/mol. The third kappa shape index (κ3) is 1.62. The van der Waals surface area contributed by atoms with Gasteiger partial charge in [-0.25, -0.2) is 4.79 Å². The molecule has 0 aliphatic carbocycles. The van der Waals surface area contributed by atoms with Crippen LogP contribution in [0.1, 0.15) is 26.8 Å². The number of aromatic amines is 1. The number of fused-ring (bicyclic) bond motifs is 1. The summed E-state index contributed by atoms with van der Waals surface area (Å²) in [6, 6.07) is -0.0678. The van der Waals surface area contributed by atoms with E-state index in [1.165, 1.54) is 4.57 Å². The molecule has 7 heteroatoms. The van der Waals surface area contributed by atoms with E-state index in [4.69, 9.17) is 0 Å². The molecule has 2 aromatic rings.